The molecule has 1 aliphatic heterocycles. The van der Waals surface area contributed by atoms with Gasteiger partial charge in [0.05, 0.1) is 18.0 Å². The molecule has 0 saturated carbocycles. The van der Waals surface area contributed by atoms with Crippen LogP contribution in [0.25, 0.3) is 21.5 Å². The molecule has 0 unspecified atom stereocenters. The number of piperazine rings is 1. The number of fused-ring (bicyclic) bond motifs is 1. The van der Waals surface area contributed by atoms with Crippen molar-refractivity contribution in [2.75, 3.05) is 45.1 Å². The predicted molar refractivity (Wildman–Crippen MR) is 114 cm³/mol. The number of aliphatic hydroxyl groups excluding tert-OH is 1. The maximum Gasteiger partial charge on any atom is 0.266 e. The van der Waals surface area contributed by atoms with Gasteiger partial charge in [0, 0.05) is 43.7 Å². The van der Waals surface area contributed by atoms with Crippen molar-refractivity contribution in [1.29, 1.82) is 0 Å². The maximum atomic E-state index is 13.0. The summed E-state index contributed by atoms with van der Waals surface area (Å²) < 4.78 is 0. The van der Waals surface area contributed by atoms with E-state index < -0.39 is 0 Å². The van der Waals surface area contributed by atoms with Gasteiger partial charge in [-0.3, -0.25) is 9.69 Å². The summed E-state index contributed by atoms with van der Waals surface area (Å²) in [7, 11) is 0. The Morgan fingerprint density at radius 1 is 1.14 bits per heavy atom. The van der Waals surface area contributed by atoms with Crippen LogP contribution in [0.5, 0.6) is 0 Å². The lowest BCUT2D eigenvalue weighted by atomic mass is 10.1. The lowest BCUT2D eigenvalue weighted by molar-refractivity contribution is 0.0620. The number of carbonyl (C=O) groups is 1. The number of aromatic nitrogens is 1. The standard InChI is InChI=1S/C21H24N4O2S/c1-14-2-4-15(5-3-14)17-7-6-16-18(22)19(28-20(16)23-17)21(27)25-10-8-24(9-11-25)12-13-26/h2-7,26H,8-13,22H2,1H3. The van der Waals surface area contributed by atoms with Crippen molar-refractivity contribution >= 4 is 33.1 Å². The van der Waals surface area contributed by atoms with Gasteiger partial charge in [-0.2, -0.15) is 0 Å². The highest BCUT2D eigenvalue weighted by Crippen LogP contribution is 2.35. The van der Waals surface area contributed by atoms with Crippen molar-refractivity contribution in [3.63, 3.8) is 0 Å². The molecular weight excluding hydrogens is 372 g/mol. The largest absolute Gasteiger partial charge is 0.397 e. The quantitative estimate of drug-likeness (QED) is 0.708. The molecule has 1 amide bonds. The van der Waals surface area contributed by atoms with Crippen LogP contribution in [0.4, 0.5) is 5.69 Å². The number of nitrogens with zero attached hydrogens (tertiary/aromatic N) is 3. The van der Waals surface area contributed by atoms with E-state index in [-0.39, 0.29) is 12.5 Å². The van der Waals surface area contributed by atoms with Crippen LogP contribution in [0.2, 0.25) is 0 Å². The van der Waals surface area contributed by atoms with Gasteiger partial charge < -0.3 is 15.7 Å². The highest BCUT2D eigenvalue weighted by molar-refractivity contribution is 7.21. The van der Waals surface area contributed by atoms with Gasteiger partial charge in [-0.1, -0.05) is 29.8 Å². The number of nitrogens with two attached hydrogens (primary N) is 1. The number of carbonyl (C=O) groups excluding carboxylic acids is 1. The molecule has 0 radical (unpaired) electrons. The Morgan fingerprint density at radius 3 is 2.54 bits per heavy atom. The molecule has 6 nitrogen and oxygen atoms in total. The fourth-order valence-electron chi connectivity index (χ4n) is 3.50. The van der Waals surface area contributed by atoms with E-state index in [1.807, 2.05) is 17.0 Å². The van der Waals surface area contributed by atoms with Crippen LogP contribution in [0.15, 0.2) is 36.4 Å². The van der Waals surface area contributed by atoms with Crippen LogP contribution in [0.1, 0.15) is 15.2 Å². The van der Waals surface area contributed by atoms with E-state index in [9.17, 15) is 4.79 Å². The first kappa shape index (κ1) is 18.9. The van der Waals surface area contributed by atoms with Crippen molar-refractivity contribution in [3.05, 3.63) is 46.8 Å². The number of hydrogen-bond acceptors (Lipinski definition) is 6. The predicted octanol–water partition coefficient (Wildman–Crippen LogP) is 2.60. The highest BCUT2D eigenvalue weighted by Gasteiger charge is 2.26. The van der Waals surface area contributed by atoms with Crippen LogP contribution in [0.3, 0.4) is 0 Å². The van der Waals surface area contributed by atoms with Crippen LogP contribution in [0, 0.1) is 6.92 Å². The average Bonchev–Trinajstić information content (AvgIpc) is 3.05. The normalized spacial score (nSPS) is 15.3. The topological polar surface area (TPSA) is 82.7 Å². The number of pyridine rings is 1. The van der Waals surface area contributed by atoms with E-state index in [4.69, 9.17) is 15.8 Å². The summed E-state index contributed by atoms with van der Waals surface area (Å²) in [5.74, 6) is -0.0268. The van der Waals surface area contributed by atoms with Crippen LogP contribution >= 0.6 is 11.3 Å². The Morgan fingerprint density at radius 2 is 1.86 bits per heavy atom. The lowest BCUT2D eigenvalue weighted by Gasteiger charge is -2.34. The molecule has 1 saturated heterocycles. The SMILES string of the molecule is Cc1ccc(-c2ccc3c(N)c(C(=O)N4CCN(CCO)CC4)sc3n2)cc1. The summed E-state index contributed by atoms with van der Waals surface area (Å²) in [6.07, 6.45) is 0. The van der Waals surface area contributed by atoms with Gasteiger partial charge in [-0.25, -0.2) is 4.98 Å². The zero-order valence-electron chi connectivity index (χ0n) is 15.9. The molecular formula is C21H24N4O2S. The summed E-state index contributed by atoms with van der Waals surface area (Å²) in [5, 5.41) is 9.90. The van der Waals surface area contributed by atoms with Crippen LogP contribution < -0.4 is 5.73 Å². The number of anilines is 1. The first-order chi connectivity index (χ1) is 13.6. The van der Waals surface area contributed by atoms with Crippen LogP contribution in [-0.4, -0.2) is 65.1 Å². The minimum Gasteiger partial charge on any atom is -0.397 e. The van der Waals surface area contributed by atoms with Crippen molar-refractivity contribution in [2.45, 2.75) is 6.92 Å². The Labute approximate surface area is 168 Å². The number of rotatable bonds is 4. The molecule has 7 heteroatoms. The number of aliphatic hydroxyl groups is 1. The molecule has 2 aromatic heterocycles. The minimum absolute atomic E-state index is 0.0268. The second kappa shape index (κ2) is 7.87. The summed E-state index contributed by atoms with van der Waals surface area (Å²) in [6, 6.07) is 12.2. The van der Waals surface area contributed by atoms with Crippen molar-refractivity contribution in [2.24, 2.45) is 0 Å². The Balaban J connectivity index is 1.59. The molecule has 146 valence electrons. The first-order valence-electron chi connectivity index (χ1n) is 9.45. The smallest absolute Gasteiger partial charge is 0.266 e. The fraction of sp³-hybridized carbons (Fsp3) is 0.333. The van der Waals surface area contributed by atoms with E-state index in [1.165, 1.54) is 16.9 Å². The first-order valence-corrected chi connectivity index (χ1v) is 10.3. The molecule has 1 aliphatic rings. The number of aryl methyl sites for hydroxylation is 1. The van der Waals surface area contributed by atoms with Crippen molar-refractivity contribution in [3.8, 4) is 11.3 Å². The third-order valence-corrected chi connectivity index (χ3v) is 6.31. The third-order valence-electron chi connectivity index (χ3n) is 5.21. The highest BCUT2D eigenvalue weighted by atomic mass is 32.1. The van der Waals surface area contributed by atoms with Gasteiger partial charge in [0.2, 0.25) is 0 Å². The average molecular weight is 397 g/mol. The number of thiophene rings is 1. The zero-order valence-corrected chi connectivity index (χ0v) is 16.7. The van der Waals surface area contributed by atoms with E-state index in [0.29, 0.717) is 30.2 Å². The molecule has 3 aromatic rings. The van der Waals surface area contributed by atoms with E-state index in [0.717, 1.165) is 34.6 Å². The molecule has 0 atom stereocenters. The third kappa shape index (κ3) is 3.61. The van der Waals surface area contributed by atoms with Gasteiger partial charge in [0.25, 0.3) is 5.91 Å². The van der Waals surface area contributed by atoms with Gasteiger partial charge >= 0.3 is 0 Å². The number of nitrogen functional groups attached to an aromatic ring is 1. The summed E-state index contributed by atoms with van der Waals surface area (Å²) >= 11 is 1.37. The molecule has 28 heavy (non-hydrogen) atoms. The lowest BCUT2D eigenvalue weighted by Crippen LogP contribution is -2.49. The van der Waals surface area contributed by atoms with E-state index in [2.05, 4.69) is 36.1 Å². The number of benzene rings is 1. The second-order valence-corrected chi connectivity index (χ2v) is 8.12. The van der Waals surface area contributed by atoms with Crippen molar-refractivity contribution < 1.29 is 9.90 Å². The second-order valence-electron chi connectivity index (χ2n) is 7.12. The molecule has 4 rings (SSSR count). The number of amides is 1. The summed E-state index contributed by atoms with van der Waals surface area (Å²) in [5.41, 5.74) is 9.96. The van der Waals surface area contributed by atoms with Gasteiger partial charge in [-0.15, -0.1) is 11.3 Å². The number of β-amino-alcohol motifs (C(OH)–C–C–N with tert-alkyl or cyclic N) is 1. The van der Waals surface area contributed by atoms with Crippen molar-refractivity contribution in [1.82, 2.24) is 14.8 Å². The van der Waals surface area contributed by atoms with Gasteiger partial charge in [0.15, 0.2) is 0 Å². The molecule has 0 aliphatic carbocycles. The van der Waals surface area contributed by atoms with Gasteiger partial charge in [0.1, 0.15) is 9.71 Å². The van der Waals surface area contributed by atoms with Crippen LogP contribution in [-0.2, 0) is 0 Å². The minimum atomic E-state index is -0.0268. The van der Waals surface area contributed by atoms with E-state index >= 15 is 0 Å². The molecule has 0 spiro atoms. The molecule has 0 bridgehead atoms. The Bertz CT molecular complexity index is 992. The zero-order chi connectivity index (χ0) is 19.7. The maximum absolute atomic E-state index is 13.0. The Hall–Kier alpha value is -2.48. The fourth-order valence-corrected chi connectivity index (χ4v) is 4.56. The van der Waals surface area contributed by atoms with E-state index in [1.54, 1.807) is 0 Å². The number of hydrogen-bond donors (Lipinski definition) is 2. The van der Waals surface area contributed by atoms with Gasteiger partial charge in [-0.05, 0) is 19.1 Å². The molecule has 1 fully saturated rings. The molecule has 3 heterocycles. The molecule has 1 aromatic carbocycles. The molecule has 3 N–H and O–H groups in total. The Kier molecular flexibility index (Phi) is 5.30. The monoisotopic (exact) mass is 396 g/mol. The summed E-state index contributed by atoms with van der Waals surface area (Å²) in [6.45, 7) is 5.69. The summed E-state index contributed by atoms with van der Waals surface area (Å²) in [4.78, 5) is 23.1.